The Hall–Kier alpha value is -4.86. The number of rotatable bonds is 8. The van der Waals surface area contributed by atoms with Crippen LogP contribution < -0.4 is 10.2 Å². The van der Waals surface area contributed by atoms with Gasteiger partial charge in [-0.25, -0.2) is 4.79 Å². The van der Waals surface area contributed by atoms with E-state index < -0.39 is 16.8 Å². The lowest BCUT2D eigenvalue weighted by Crippen LogP contribution is -2.28. The van der Waals surface area contributed by atoms with Crippen LogP contribution in [0.3, 0.4) is 0 Å². The Morgan fingerprint density at radius 1 is 0.944 bits per heavy atom. The van der Waals surface area contributed by atoms with E-state index in [1.165, 1.54) is 53.4 Å². The van der Waals surface area contributed by atoms with Gasteiger partial charge in [-0.1, -0.05) is 30.3 Å². The van der Waals surface area contributed by atoms with E-state index in [-0.39, 0.29) is 48.4 Å². The van der Waals surface area contributed by atoms with Crippen LogP contribution in [0.4, 0.5) is 17.1 Å². The monoisotopic (exact) mass is 487 g/mol. The molecule has 182 valence electrons. The number of amides is 2. The summed E-state index contributed by atoms with van der Waals surface area (Å²) < 4.78 is 5.08. The fraction of sp³-hybridized carbons (Fsp3) is 0.154. The lowest BCUT2D eigenvalue weighted by Gasteiger charge is -2.16. The molecule has 1 saturated heterocycles. The number of ketones is 1. The second-order valence-corrected chi connectivity index (χ2v) is 8.11. The number of carbonyl (C=O) groups excluding carboxylic acids is 4. The zero-order valence-corrected chi connectivity index (χ0v) is 19.0. The maximum absolute atomic E-state index is 12.7. The molecule has 3 aromatic carbocycles. The number of carbonyl (C=O) groups is 4. The number of Topliss-reactive ketones (excluding diaryl/α,β-unsaturated/α-hetero) is 1. The van der Waals surface area contributed by atoms with Gasteiger partial charge in [-0.2, -0.15) is 0 Å². The molecule has 0 spiro atoms. The molecule has 36 heavy (non-hydrogen) atoms. The van der Waals surface area contributed by atoms with E-state index in [1.54, 1.807) is 30.3 Å². The molecule has 4 rings (SSSR count). The van der Waals surface area contributed by atoms with E-state index >= 15 is 0 Å². The van der Waals surface area contributed by atoms with Gasteiger partial charge in [-0.3, -0.25) is 24.5 Å². The largest absolute Gasteiger partial charge is 0.454 e. The molecule has 1 atom stereocenters. The number of hydrogen-bond acceptors (Lipinski definition) is 7. The molecule has 0 saturated carbocycles. The molecule has 0 aromatic heterocycles. The number of hydrogen-bond donors (Lipinski definition) is 1. The molecule has 1 heterocycles. The zero-order chi connectivity index (χ0) is 25.7. The molecule has 10 heteroatoms. The van der Waals surface area contributed by atoms with Crippen molar-refractivity contribution >= 4 is 40.6 Å². The molecule has 1 N–H and O–H groups in total. The molecule has 1 aliphatic rings. The Labute approximate surface area is 205 Å². The number of anilines is 2. The molecule has 0 aliphatic carbocycles. The van der Waals surface area contributed by atoms with E-state index in [0.29, 0.717) is 16.9 Å². The summed E-state index contributed by atoms with van der Waals surface area (Å²) in [6.45, 7) is -0.245. The van der Waals surface area contributed by atoms with Crippen molar-refractivity contribution in [2.75, 3.05) is 23.4 Å². The first-order valence-electron chi connectivity index (χ1n) is 11.0. The summed E-state index contributed by atoms with van der Waals surface area (Å²) in [6.07, 6.45) is 0.00265. The van der Waals surface area contributed by atoms with Crippen LogP contribution in [0.1, 0.15) is 27.1 Å². The average molecular weight is 487 g/mol. The molecule has 3 aromatic rings. The van der Waals surface area contributed by atoms with Crippen molar-refractivity contribution in [3.8, 4) is 0 Å². The van der Waals surface area contributed by atoms with Crippen molar-refractivity contribution < 1.29 is 28.8 Å². The van der Waals surface area contributed by atoms with Crippen LogP contribution in [-0.2, 0) is 14.3 Å². The number of nitrogens with zero attached hydrogens (tertiary/aromatic N) is 2. The minimum Gasteiger partial charge on any atom is -0.454 e. The molecule has 0 radical (unpaired) electrons. The Bertz CT molecular complexity index is 1310. The highest BCUT2D eigenvalue weighted by Crippen LogP contribution is 2.27. The highest BCUT2D eigenvalue weighted by Gasteiger charge is 2.35. The van der Waals surface area contributed by atoms with Gasteiger partial charge in [0.2, 0.25) is 11.8 Å². The van der Waals surface area contributed by atoms with Crippen LogP contribution >= 0.6 is 0 Å². The Kier molecular flexibility index (Phi) is 7.15. The quantitative estimate of drug-likeness (QED) is 0.222. The predicted octanol–water partition coefficient (Wildman–Crippen LogP) is 3.63. The third kappa shape index (κ3) is 5.61. The van der Waals surface area contributed by atoms with Gasteiger partial charge in [-0.15, -0.1) is 0 Å². The van der Waals surface area contributed by atoms with Crippen molar-refractivity contribution in [2.24, 2.45) is 5.92 Å². The van der Waals surface area contributed by atoms with Crippen molar-refractivity contribution in [3.63, 3.8) is 0 Å². The first-order chi connectivity index (χ1) is 17.3. The van der Waals surface area contributed by atoms with Gasteiger partial charge in [0.1, 0.15) is 0 Å². The van der Waals surface area contributed by atoms with E-state index in [9.17, 15) is 29.3 Å². The number of nitro benzene ring substituents is 1. The summed E-state index contributed by atoms with van der Waals surface area (Å²) in [6, 6.07) is 20.0. The van der Waals surface area contributed by atoms with Crippen LogP contribution in [0.5, 0.6) is 0 Å². The van der Waals surface area contributed by atoms with Crippen LogP contribution in [0.25, 0.3) is 0 Å². The van der Waals surface area contributed by atoms with Gasteiger partial charge in [0.15, 0.2) is 12.4 Å². The number of ether oxygens (including phenoxy) is 1. The predicted molar refractivity (Wildman–Crippen MR) is 130 cm³/mol. The molecular formula is C26H21N3O7. The minimum atomic E-state index is -0.669. The maximum Gasteiger partial charge on any atom is 0.338 e. The SMILES string of the molecule is O=C(COC(=O)c1ccc(NC(=O)[C@@H]2CC(=O)N(c3ccc([N+](=O)[O-])cc3)C2)cc1)c1ccccc1. The van der Waals surface area contributed by atoms with Crippen molar-refractivity contribution in [1.82, 2.24) is 0 Å². The van der Waals surface area contributed by atoms with Gasteiger partial charge in [0.05, 0.1) is 16.4 Å². The second kappa shape index (κ2) is 10.6. The molecular weight excluding hydrogens is 466 g/mol. The molecule has 1 aliphatic heterocycles. The number of nitro groups is 1. The summed E-state index contributed by atoms with van der Waals surface area (Å²) in [5, 5.41) is 13.5. The van der Waals surface area contributed by atoms with Crippen molar-refractivity contribution in [2.45, 2.75) is 6.42 Å². The second-order valence-electron chi connectivity index (χ2n) is 8.11. The third-order valence-electron chi connectivity index (χ3n) is 5.69. The fourth-order valence-electron chi connectivity index (χ4n) is 3.74. The van der Waals surface area contributed by atoms with E-state index in [1.807, 2.05) is 0 Å². The zero-order valence-electron chi connectivity index (χ0n) is 19.0. The summed E-state index contributed by atoms with van der Waals surface area (Å²) in [4.78, 5) is 61.2. The van der Waals surface area contributed by atoms with Crippen LogP contribution in [0.15, 0.2) is 78.9 Å². The lowest BCUT2D eigenvalue weighted by molar-refractivity contribution is -0.384. The fourth-order valence-corrected chi connectivity index (χ4v) is 3.74. The average Bonchev–Trinajstić information content (AvgIpc) is 3.29. The van der Waals surface area contributed by atoms with Crippen LogP contribution in [0, 0.1) is 16.0 Å². The first kappa shape index (κ1) is 24.3. The lowest BCUT2D eigenvalue weighted by atomic mass is 10.1. The highest BCUT2D eigenvalue weighted by molar-refractivity contribution is 6.04. The topological polar surface area (TPSA) is 136 Å². The van der Waals surface area contributed by atoms with Gasteiger partial charge < -0.3 is 15.0 Å². The normalized spacial score (nSPS) is 14.8. The van der Waals surface area contributed by atoms with E-state index in [4.69, 9.17) is 4.74 Å². The standard InChI is InChI=1S/C26H21N3O7/c30-23(17-4-2-1-3-5-17)16-36-26(33)18-6-8-20(9-7-18)27-25(32)19-14-24(31)28(15-19)21-10-12-22(13-11-21)29(34)35/h1-13,19H,14-16H2,(H,27,32)/t19-/m1/s1. The first-order valence-corrected chi connectivity index (χ1v) is 11.0. The summed E-state index contributed by atoms with van der Waals surface area (Å²) >= 11 is 0. The highest BCUT2D eigenvalue weighted by atomic mass is 16.6. The van der Waals surface area contributed by atoms with Gasteiger partial charge in [0.25, 0.3) is 5.69 Å². The number of nitrogens with one attached hydrogen (secondary N) is 1. The minimum absolute atomic E-state index is 0.00265. The Balaban J connectivity index is 1.30. The van der Waals surface area contributed by atoms with Gasteiger partial charge in [0, 0.05) is 42.0 Å². The summed E-state index contributed by atoms with van der Waals surface area (Å²) in [5.74, 6) is -2.22. The van der Waals surface area contributed by atoms with Crippen LogP contribution in [0.2, 0.25) is 0 Å². The van der Waals surface area contributed by atoms with Gasteiger partial charge in [-0.05, 0) is 36.4 Å². The third-order valence-corrected chi connectivity index (χ3v) is 5.69. The maximum atomic E-state index is 12.7. The molecule has 10 nitrogen and oxygen atoms in total. The van der Waals surface area contributed by atoms with E-state index in [2.05, 4.69) is 5.32 Å². The van der Waals surface area contributed by atoms with Crippen LogP contribution in [-0.4, -0.2) is 41.6 Å². The summed E-state index contributed by atoms with van der Waals surface area (Å²) in [7, 11) is 0. The Morgan fingerprint density at radius 3 is 2.25 bits per heavy atom. The smallest absolute Gasteiger partial charge is 0.338 e. The number of esters is 1. The number of benzene rings is 3. The molecule has 1 fully saturated rings. The van der Waals surface area contributed by atoms with Crippen molar-refractivity contribution in [1.29, 1.82) is 0 Å². The van der Waals surface area contributed by atoms with Gasteiger partial charge >= 0.3 is 5.97 Å². The summed E-state index contributed by atoms with van der Waals surface area (Å²) in [5.41, 5.74) is 1.48. The van der Waals surface area contributed by atoms with Crippen molar-refractivity contribution in [3.05, 3.63) is 100 Å². The molecule has 0 unspecified atom stereocenters. The molecule has 2 amide bonds. The van der Waals surface area contributed by atoms with E-state index in [0.717, 1.165) is 0 Å². The molecule has 0 bridgehead atoms. The number of non-ortho nitro benzene ring substituents is 1. The Morgan fingerprint density at radius 2 is 1.61 bits per heavy atom.